The third-order valence-corrected chi connectivity index (χ3v) is 4.84. The monoisotopic (exact) mass is 392 g/mol. The molecule has 1 aromatic carbocycles. The molecule has 0 spiro atoms. The van der Waals surface area contributed by atoms with Crippen molar-refractivity contribution in [1.82, 2.24) is 10.3 Å². The Labute approximate surface area is 153 Å². The van der Waals surface area contributed by atoms with Gasteiger partial charge in [0.15, 0.2) is 11.6 Å². The number of aromatic amines is 1. The molecule has 2 aromatic rings. The number of benzene rings is 1. The van der Waals surface area contributed by atoms with Crippen molar-refractivity contribution in [2.24, 2.45) is 0 Å². The number of hydrogen-bond acceptors (Lipinski definition) is 3. The molecule has 3 N–H and O–H groups in total. The molecule has 0 aliphatic heterocycles. The minimum absolute atomic E-state index is 0.390. The first-order valence-electron chi connectivity index (χ1n) is 6.88. The van der Waals surface area contributed by atoms with Crippen LogP contribution in [-0.4, -0.2) is 31.5 Å². The van der Waals surface area contributed by atoms with Gasteiger partial charge in [0.05, 0.1) is 0 Å². The van der Waals surface area contributed by atoms with E-state index >= 15 is 0 Å². The zero-order valence-electron chi connectivity index (χ0n) is 12.8. The molecule has 1 aromatic heterocycles. The Hall–Kier alpha value is -1.63. The van der Waals surface area contributed by atoms with E-state index in [0.717, 1.165) is 5.52 Å². The van der Waals surface area contributed by atoms with Crippen LogP contribution in [0, 0.1) is 0 Å². The number of halogens is 3. The molecular formula is C15H15Cl3N2O4. The Morgan fingerprint density at radius 1 is 1.25 bits per heavy atom. The number of amides is 1. The van der Waals surface area contributed by atoms with Gasteiger partial charge in [0.25, 0.3) is 0 Å². The van der Waals surface area contributed by atoms with Crippen molar-refractivity contribution in [1.29, 1.82) is 0 Å². The summed E-state index contributed by atoms with van der Waals surface area (Å²) in [4.78, 5) is 26.6. The molecule has 2 rings (SSSR count). The Balaban J connectivity index is 2.24. The van der Waals surface area contributed by atoms with Crippen molar-refractivity contribution in [2.75, 3.05) is 0 Å². The summed E-state index contributed by atoms with van der Waals surface area (Å²) in [5.41, 5.74) is -0.317. The zero-order valence-corrected chi connectivity index (χ0v) is 15.0. The summed E-state index contributed by atoms with van der Waals surface area (Å²) in [7, 11) is 0. The molecule has 130 valence electrons. The smallest absolute Gasteiger partial charge is 0.408 e. The lowest BCUT2D eigenvalue weighted by Crippen LogP contribution is -2.45. The van der Waals surface area contributed by atoms with Gasteiger partial charge in [0.2, 0.25) is 3.79 Å². The quantitative estimate of drug-likeness (QED) is 0.680. The van der Waals surface area contributed by atoms with Gasteiger partial charge >= 0.3 is 12.1 Å². The fraction of sp³-hybridized carbons (Fsp3) is 0.333. The fourth-order valence-corrected chi connectivity index (χ4v) is 2.16. The molecule has 1 heterocycles. The van der Waals surface area contributed by atoms with Crippen LogP contribution in [0.4, 0.5) is 4.79 Å². The number of fused-ring (bicyclic) bond motifs is 1. The van der Waals surface area contributed by atoms with Crippen LogP contribution >= 0.6 is 34.8 Å². The van der Waals surface area contributed by atoms with E-state index in [9.17, 15) is 14.7 Å². The van der Waals surface area contributed by atoms with Gasteiger partial charge in [-0.05, 0) is 19.9 Å². The minimum Gasteiger partial charge on any atom is -0.479 e. The molecule has 6 nitrogen and oxygen atoms in total. The zero-order chi connectivity index (χ0) is 18.1. The van der Waals surface area contributed by atoms with Gasteiger partial charge in [-0.3, -0.25) is 0 Å². The molecule has 1 amide bonds. The van der Waals surface area contributed by atoms with Crippen LogP contribution in [0.15, 0.2) is 30.5 Å². The van der Waals surface area contributed by atoms with Crippen molar-refractivity contribution < 1.29 is 19.4 Å². The third-order valence-electron chi connectivity index (χ3n) is 3.47. The first-order chi connectivity index (χ1) is 11.0. The average Bonchev–Trinajstić information content (AvgIpc) is 2.86. The Bertz CT molecular complexity index is 767. The molecule has 0 saturated heterocycles. The summed E-state index contributed by atoms with van der Waals surface area (Å²) < 4.78 is 3.20. The van der Waals surface area contributed by atoms with Gasteiger partial charge in [-0.15, -0.1) is 0 Å². The number of aliphatic carboxylic acids is 1. The number of nitrogens with one attached hydrogen (secondary N) is 2. The summed E-state index contributed by atoms with van der Waals surface area (Å²) in [6.07, 6.45) is 0.507. The topological polar surface area (TPSA) is 91.4 Å². The largest absolute Gasteiger partial charge is 0.479 e. The van der Waals surface area contributed by atoms with Crippen LogP contribution < -0.4 is 5.32 Å². The highest BCUT2D eigenvalue weighted by atomic mass is 35.6. The standard InChI is InChI=1S/C15H15Cl3N2O4/c1-14(2,15(16,17)18)24-13(23)20-11(12(21)22)9-7-19-10-6-4-3-5-8(9)10/h3-7,11,19H,1-2H3,(H,20,23)(H,21,22). The van der Waals surface area contributed by atoms with E-state index in [4.69, 9.17) is 39.5 Å². The number of para-hydroxylation sites is 1. The first kappa shape index (κ1) is 18.7. The summed E-state index contributed by atoms with van der Waals surface area (Å²) in [6, 6.07) is 5.80. The number of carbonyl (C=O) groups excluding carboxylic acids is 1. The first-order valence-corrected chi connectivity index (χ1v) is 8.01. The molecule has 0 fully saturated rings. The Kier molecular flexibility index (Phi) is 5.22. The third kappa shape index (κ3) is 3.88. The van der Waals surface area contributed by atoms with Crippen LogP contribution in [0.5, 0.6) is 0 Å². The molecule has 1 unspecified atom stereocenters. The predicted molar refractivity (Wildman–Crippen MR) is 92.7 cm³/mol. The number of rotatable bonds is 4. The second-order valence-corrected chi connectivity index (χ2v) is 7.88. The molecular weight excluding hydrogens is 379 g/mol. The molecule has 0 bridgehead atoms. The molecule has 0 aliphatic carbocycles. The van der Waals surface area contributed by atoms with Gasteiger partial charge in [0.1, 0.15) is 0 Å². The second-order valence-electron chi connectivity index (χ2n) is 5.60. The van der Waals surface area contributed by atoms with Crippen molar-refractivity contribution >= 4 is 57.8 Å². The van der Waals surface area contributed by atoms with Gasteiger partial charge in [-0.2, -0.15) is 0 Å². The van der Waals surface area contributed by atoms with Crippen molar-refractivity contribution in [3.05, 3.63) is 36.0 Å². The average molecular weight is 394 g/mol. The highest BCUT2D eigenvalue weighted by molar-refractivity contribution is 6.68. The second kappa shape index (κ2) is 6.70. The Morgan fingerprint density at radius 2 is 1.88 bits per heavy atom. The van der Waals surface area contributed by atoms with E-state index in [1.165, 1.54) is 20.0 Å². The number of alkyl halides is 3. The summed E-state index contributed by atoms with van der Waals surface area (Å²) in [5.74, 6) is -1.25. The molecule has 1 atom stereocenters. The van der Waals surface area contributed by atoms with Crippen molar-refractivity contribution in [3.8, 4) is 0 Å². The lowest BCUT2D eigenvalue weighted by molar-refractivity contribution is -0.139. The van der Waals surface area contributed by atoms with Crippen LogP contribution in [0.1, 0.15) is 25.5 Å². The van der Waals surface area contributed by atoms with Gasteiger partial charge < -0.3 is 20.1 Å². The summed E-state index contributed by atoms with van der Waals surface area (Å²) in [6.45, 7) is 2.81. The van der Waals surface area contributed by atoms with Gasteiger partial charge in [0, 0.05) is 22.7 Å². The van der Waals surface area contributed by atoms with Crippen LogP contribution in [-0.2, 0) is 9.53 Å². The lowest BCUT2D eigenvalue weighted by Gasteiger charge is -2.32. The van der Waals surface area contributed by atoms with Crippen molar-refractivity contribution in [2.45, 2.75) is 29.3 Å². The summed E-state index contributed by atoms with van der Waals surface area (Å²) in [5, 5.41) is 12.4. The van der Waals surface area contributed by atoms with Crippen LogP contribution in [0.2, 0.25) is 0 Å². The number of H-pyrrole nitrogens is 1. The lowest BCUT2D eigenvalue weighted by atomic mass is 10.1. The number of carbonyl (C=O) groups is 2. The number of aromatic nitrogens is 1. The Morgan fingerprint density at radius 3 is 2.46 bits per heavy atom. The number of carboxylic acid groups (broad SMARTS) is 1. The van der Waals surface area contributed by atoms with Crippen LogP contribution in [0.25, 0.3) is 10.9 Å². The maximum Gasteiger partial charge on any atom is 0.408 e. The highest BCUT2D eigenvalue weighted by Crippen LogP contribution is 2.40. The summed E-state index contributed by atoms with van der Waals surface area (Å²) >= 11 is 17.3. The number of carboxylic acids is 1. The highest BCUT2D eigenvalue weighted by Gasteiger charge is 2.44. The number of hydrogen-bond donors (Lipinski definition) is 3. The van der Waals surface area contributed by atoms with E-state index in [2.05, 4.69) is 10.3 Å². The van der Waals surface area contributed by atoms with E-state index in [-0.39, 0.29) is 0 Å². The maximum atomic E-state index is 12.1. The fourth-order valence-electron chi connectivity index (χ4n) is 2.04. The molecule has 24 heavy (non-hydrogen) atoms. The van der Waals surface area contributed by atoms with Gasteiger partial charge in [-0.1, -0.05) is 53.0 Å². The van der Waals surface area contributed by atoms with E-state index < -0.39 is 27.5 Å². The molecule has 0 aliphatic rings. The van der Waals surface area contributed by atoms with E-state index in [1.54, 1.807) is 18.2 Å². The normalized spacial score (nSPS) is 13.5. The van der Waals surface area contributed by atoms with Gasteiger partial charge in [-0.25, -0.2) is 9.59 Å². The van der Waals surface area contributed by atoms with E-state index in [0.29, 0.717) is 10.9 Å². The van der Waals surface area contributed by atoms with Crippen LogP contribution in [0.3, 0.4) is 0 Å². The molecule has 9 heteroatoms. The maximum absolute atomic E-state index is 12.1. The minimum atomic E-state index is -1.87. The SMILES string of the molecule is CC(C)(OC(=O)NC(C(=O)O)c1c[nH]c2ccccc12)C(Cl)(Cl)Cl. The molecule has 0 saturated carbocycles. The predicted octanol–water partition coefficient (Wildman–Crippen LogP) is 4.17. The van der Waals surface area contributed by atoms with E-state index in [1.807, 2.05) is 6.07 Å². The van der Waals surface area contributed by atoms with Crippen molar-refractivity contribution in [3.63, 3.8) is 0 Å². The molecule has 0 radical (unpaired) electrons. The number of alkyl carbamates (subject to hydrolysis) is 1. The number of ether oxygens (including phenoxy) is 1.